The molecule has 1 atom stereocenters. The Morgan fingerprint density at radius 2 is 2.00 bits per heavy atom. The average molecular weight is 312 g/mol. The molecule has 2 N–H and O–H groups in total. The first kappa shape index (κ1) is 16.8. The second-order valence-electron chi connectivity index (χ2n) is 5.07. The number of rotatable bonds is 7. The van der Waals surface area contributed by atoms with E-state index >= 15 is 0 Å². The fraction of sp³-hybridized carbons (Fsp3) is 0.278. The highest BCUT2D eigenvalue weighted by Crippen LogP contribution is 2.29. The zero-order valence-corrected chi connectivity index (χ0v) is 13.2. The van der Waals surface area contributed by atoms with Crippen molar-refractivity contribution in [3.63, 3.8) is 0 Å². The van der Waals surface area contributed by atoms with Gasteiger partial charge in [-0.2, -0.15) is 5.26 Å². The molecule has 2 rings (SSSR count). The normalized spacial score (nSPS) is 11.6. The molecule has 0 fully saturated rings. The van der Waals surface area contributed by atoms with Gasteiger partial charge in [0.2, 0.25) is 0 Å². The Morgan fingerprint density at radius 1 is 1.17 bits per heavy atom. The van der Waals surface area contributed by atoms with Crippen molar-refractivity contribution in [1.82, 2.24) is 5.32 Å². The Morgan fingerprint density at radius 3 is 2.70 bits per heavy atom. The molecule has 120 valence electrons. The molecule has 2 aromatic carbocycles. The van der Waals surface area contributed by atoms with Crippen molar-refractivity contribution in [2.45, 2.75) is 12.6 Å². The molecule has 2 aromatic rings. The fourth-order valence-electron chi connectivity index (χ4n) is 2.31. The Bertz CT molecular complexity index is 695. The van der Waals surface area contributed by atoms with Gasteiger partial charge in [-0.05, 0) is 35.9 Å². The highest BCUT2D eigenvalue weighted by Gasteiger charge is 2.14. The minimum absolute atomic E-state index is 0.361. The number of ether oxygens (including phenoxy) is 2. The van der Waals surface area contributed by atoms with Gasteiger partial charge in [-0.25, -0.2) is 0 Å². The lowest BCUT2D eigenvalue weighted by Crippen LogP contribution is -2.21. The summed E-state index contributed by atoms with van der Waals surface area (Å²) < 4.78 is 10.5. The summed E-state index contributed by atoms with van der Waals surface area (Å²) in [5.41, 5.74) is 2.29. The van der Waals surface area contributed by atoms with Gasteiger partial charge in [0.15, 0.2) is 0 Å². The maximum atomic E-state index is 10.4. The zero-order chi connectivity index (χ0) is 16.7. The van der Waals surface area contributed by atoms with Gasteiger partial charge in [-0.3, -0.25) is 0 Å². The van der Waals surface area contributed by atoms with E-state index < -0.39 is 6.10 Å². The van der Waals surface area contributed by atoms with Crippen LogP contribution in [0.1, 0.15) is 22.8 Å². The third-order valence-electron chi connectivity index (χ3n) is 3.52. The fourth-order valence-corrected chi connectivity index (χ4v) is 2.31. The number of hydrogen-bond donors (Lipinski definition) is 2. The summed E-state index contributed by atoms with van der Waals surface area (Å²) in [6, 6.07) is 14.8. The monoisotopic (exact) mass is 312 g/mol. The molecule has 0 aliphatic rings. The van der Waals surface area contributed by atoms with E-state index in [2.05, 4.69) is 11.4 Å². The van der Waals surface area contributed by atoms with Crippen LogP contribution in [0, 0.1) is 11.3 Å². The standard InChI is InChI=1S/C18H20N2O3/c1-22-15-6-7-18(23-2)16(9-15)17(21)12-20-11-14-5-3-4-13(8-14)10-19/h3-9,17,20-21H,11-12H2,1-2H3. The quantitative estimate of drug-likeness (QED) is 0.821. The van der Waals surface area contributed by atoms with E-state index in [1.807, 2.05) is 18.2 Å². The molecule has 0 spiro atoms. The number of nitrogens with one attached hydrogen (secondary N) is 1. The van der Waals surface area contributed by atoms with Gasteiger partial charge < -0.3 is 19.9 Å². The van der Waals surface area contributed by atoms with Gasteiger partial charge >= 0.3 is 0 Å². The lowest BCUT2D eigenvalue weighted by Gasteiger charge is -2.16. The summed E-state index contributed by atoms with van der Waals surface area (Å²) >= 11 is 0. The molecule has 0 saturated heterocycles. The second-order valence-corrected chi connectivity index (χ2v) is 5.07. The third-order valence-corrected chi connectivity index (χ3v) is 3.52. The zero-order valence-electron chi connectivity index (χ0n) is 13.2. The van der Waals surface area contributed by atoms with Crippen molar-refractivity contribution in [1.29, 1.82) is 5.26 Å². The summed E-state index contributed by atoms with van der Waals surface area (Å²) in [7, 11) is 3.15. The van der Waals surface area contributed by atoms with Gasteiger partial charge in [0.05, 0.1) is 32.0 Å². The number of aliphatic hydroxyl groups is 1. The van der Waals surface area contributed by atoms with E-state index in [0.717, 1.165) is 5.56 Å². The van der Waals surface area contributed by atoms with Crippen LogP contribution in [0.25, 0.3) is 0 Å². The van der Waals surface area contributed by atoms with Crippen molar-refractivity contribution in [3.05, 3.63) is 59.2 Å². The first-order valence-corrected chi connectivity index (χ1v) is 7.27. The molecule has 0 amide bonds. The number of nitrogens with zero attached hydrogens (tertiary/aromatic N) is 1. The molecule has 1 unspecified atom stereocenters. The Labute approximate surface area is 136 Å². The predicted octanol–water partition coefficient (Wildman–Crippen LogP) is 2.40. The number of aliphatic hydroxyl groups excluding tert-OH is 1. The minimum Gasteiger partial charge on any atom is -0.497 e. The predicted molar refractivity (Wildman–Crippen MR) is 87.4 cm³/mol. The maximum absolute atomic E-state index is 10.4. The molecule has 0 heterocycles. The van der Waals surface area contributed by atoms with Crippen LogP contribution >= 0.6 is 0 Å². The number of methoxy groups -OCH3 is 2. The van der Waals surface area contributed by atoms with Crippen LogP contribution in [0.3, 0.4) is 0 Å². The molecule has 0 saturated carbocycles. The molecule has 5 heteroatoms. The molecular formula is C18H20N2O3. The number of nitriles is 1. The van der Waals surface area contributed by atoms with Gasteiger partial charge in [-0.15, -0.1) is 0 Å². The number of benzene rings is 2. The van der Waals surface area contributed by atoms with Gasteiger partial charge in [0.1, 0.15) is 11.5 Å². The van der Waals surface area contributed by atoms with Crippen molar-refractivity contribution >= 4 is 0 Å². The van der Waals surface area contributed by atoms with Gasteiger partial charge in [0, 0.05) is 18.7 Å². The Kier molecular flexibility index (Phi) is 5.98. The largest absolute Gasteiger partial charge is 0.497 e. The van der Waals surface area contributed by atoms with Crippen molar-refractivity contribution in [2.24, 2.45) is 0 Å². The summed E-state index contributed by atoms with van der Waals surface area (Å²) in [5, 5.41) is 22.5. The van der Waals surface area contributed by atoms with Crippen LogP contribution < -0.4 is 14.8 Å². The number of hydrogen-bond acceptors (Lipinski definition) is 5. The minimum atomic E-state index is -0.723. The van der Waals surface area contributed by atoms with Gasteiger partial charge in [0.25, 0.3) is 0 Å². The lowest BCUT2D eigenvalue weighted by atomic mass is 10.1. The highest BCUT2D eigenvalue weighted by atomic mass is 16.5. The summed E-state index contributed by atoms with van der Waals surface area (Å²) in [6.45, 7) is 0.930. The van der Waals surface area contributed by atoms with E-state index in [1.54, 1.807) is 38.5 Å². The molecule has 0 aliphatic heterocycles. The summed E-state index contributed by atoms with van der Waals surface area (Å²) in [6.07, 6.45) is -0.723. The Balaban J connectivity index is 1.99. The van der Waals surface area contributed by atoms with E-state index in [1.165, 1.54) is 0 Å². The molecular weight excluding hydrogens is 292 g/mol. The summed E-state index contributed by atoms with van der Waals surface area (Å²) in [4.78, 5) is 0. The van der Waals surface area contributed by atoms with Crippen LogP contribution in [0.5, 0.6) is 11.5 Å². The molecule has 0 radical (unpaired) electrons. The second kappa shape index (κ2) is 8.18. The molecule has 0 aliphatic carbocycles. The van der Waals surface area contributed by atoms with Crippen LogP contribution in [0.2, 0.25) is 0 Å². The van der Waals surface area contributed by atoms with Crippen molar-refractivity contribution < 1.29 is 14.6 Å². The topological polar surface area (TPSA) is 74.5 Å². The van der Waals surface area contributed by atoms with Crippen LogP contribution in [-0.4, -0.2) is 25.9 Å². The van der Waals surface area contributed by atoms with E-state index in [4.69, 9.17) is 14.7 Å². The molecule has 5 nitrogen and oxygen atoms in total. The van der Waals surface area contributed by atoms with Crippen molar-refractivity contribution in [2.75, 3.05) is 20.8 Å². The van der Waals surface area contributed by atoms with Crippen LogP contribution in [0.4, 0.5) is 0 Å². The van der Waals surface area contributed by atoms with Gasteiger partial charge in [-0.1, -0.05) is 12.1 Å². The molecule has 0 bridgehead atoms. The highest BCUT2D eigenvalue weighted by molar-refractivity contribution is 5.41. The van der Waals surface area contributed by atoms with Crippen LogP contribution in [-0.2, 0) is 6.54 Å². The third kappa shape index (κ3) is 4.46. The molecule has 23 heavy (non-hydrogen) atoms. The van der Waals surface area contributed by atoms with E-state index in [9.17, 15) is 5.11 Å². The van der Waals surface area contributed by atoms with Crippen molar-refractivity contribution in [3.8, 4) is 17.6 Å². The van der Waals surface area contributed by atoms with E-state index in [0.29, 0.717) is 35.7 Å². The smallest absolute Gasteiger partial charge is 0.124 e. The average Bonchev–Trinajstić information content (AvgIpc) is 2.61. The molecule has 0 aromatic heterocycles. The van der Waals surface area contributed by atoms with E-state index in [-0.39, 0.29) is 0 Å². The first-order chi connectivity index (χ1) is 11.2. The first-order valence-electron chi connectivity index (χ1n) is 7.27. The van der Waals surface area contributed by atoms with Crippen LogP contribution in [0.15, 0.2) is 42.5 Å². The SMILES string of the molecule is COc1ccc(OC)c(C(O)CNCc2cccc(C#N)c2)c1. The lowest BCUT2D eigenvalue weighted by molar-refractivity contribution is 0.169. The maximum Gasteiger partial charge on any atom is 0.124 e. The summed E-state index contributed by atoms with van der Waals surface area (Å²) in [5.74, 6) is 1.29. The Hall–Kier alpha value is -2.55.